The fourth-order valence-corrected chi connectivity index (χ4v) is 3.46. The third-order valence-corrected chi connectivity index (χ3v) is 5.15. The number of hydrogen-bond acceptors (Lipinski definition) is 5. The minimum Gasteiger partial charge on any atom is -0.469 e. The van der Waals surface area contributed by atoms with Crippen LogP contribution in [-0.2, 0) is 19.6 Å². The lowest BCUT2D eigenvalue weighted by Crippen LogP contribution is -2.29. The summed E-state index contributed by atoms with van der Waals surface area (Å²) in [6.45, 7) is 0.169. The minimum absolute atomic E-state index is 0.0739. The average molecular weight is 321 g/mol. The van der Waals surface area contributed by atoms with E-state index in [-0.39, 0.29) is 34.5 Å². The summed E-state index contributed by atoms with van der Waals surface area (Å²) in [6, 6.07) is 4.52. The third-order valence-electron chi connectivity index (χ3n) is 2.75. The quantitative estimate of drug-likeness (QED) is 0.633. The summed E-state index contributed by atoms with van der Waals surface area (Å²) in [5.74, 6) is -0.381. The monoisotopic (exact) mass is 320 g/mol. The number of carbonyl (C=O) groups excluding carboxylic acids is 1. The summed E-state index contributed by atoms with van der Waals surface area (Å²) in [6.07, 6.45) is 0.501. The van der Waals surface area contributed by atoms with Crippen molar-refractivity contribution >= 4 is 33.3 Å². The number of anilines is 1. The predicted molar refractivity (Wildman–Crippen MR) is 76.9 cm³/mol. The van der Waals surface area contributed by atoms with Gasteiger partial charge in [-0.3, -0.25) is 4.79 Å². The SMILES string of the molecule is COC(=O)CCCN(C)S(=O)(=O)c1c(N)cccc1Cl. The number of sulfonamides is 1. The highest BCUT2D eigenvalue weighted by molar-refractivity contribution is 7.89. The molecule has 0 unspecified atom stereocenters. The molecule has 0 amide bonds. The van der Waals surface area contributed by atoms with Crippen LogP contribution in [0, 0.1) is 0 Å². The van der Waals surface area contributed by atoms with Crippen molar-refractivity contribution in [1.82, 2.24) is 4.31 Å². The first kappa shape index (κ1) is 16.7. The van der Waals surface area contributed by atoms with Gasteiger partial charge in [-0.2, -0.15) is 0 Å². The Morgan fingerprint density at radius 1 is 1.45 bits per heavy atom. The Morgan fingerprint density at radius 3 is 2.65 bits per heavy atom. The number of methoxy groups -OCH3 is 1. The maximum Gasteiger partial charge on any atom is 0.305 e. The number of rotatable bonds is 6. The first-order valence-corrected chi connectivity index (χ1v) is 7.69. The molecule has 6 nitrogen and oxygen atoms in total. The van der Waals surface area contributed by atoms with E-state index in [1.165, 1.54) is 26.3 Å². The molecule has 0 radical (unpaired) electrons. The van der Waals surface area contributed by atoms with Crippen molar-refractivity contribution in [3.63, 3.8) is 0 Å². The van der Waals surface area contributed by atoms with Crippen LogP contribution < -0.4 is 5.73 Å². The highest BCUT2D eigenvalue weighted by Crippen LogP contribution is 2.29. The Morgan fingerprint density at radius 2 is 2.10 bits per heavy atom. The van der Waals surface area contributed by atoms with Crippen molar-refractivity contribution in [2.24, 2.45) is 0 Å². The van der Waals surface area contributed by atoms with Gasteiger partial charge in [0.1, 0.15) is 4.90 Å². The van der Waals surface area contributed by atoms with Crippen LogP contribution in [0.5, 0.6) is 0 Å². The second-order valence-corrected chi connectivity index (χ2v) is 6.55. The molecule has 1 aromatic carbocycles. The minimum atomic E-state index is -3.78. The first-order chi connectivity index (χ1) is 9.30. The Balaban J connectivity index is 2.86. The molecule has 112 valence electrons. The number of nitrogens with two attached hydrogens (primary N) is 1. The Labute approximate surface area is 123 Å². The van der Waals surface area contributed by atoms with Gasteiger partial charge in [-0.05, 0) is 18.6 Å². The number of halogens is 1. The summed E-state index contributed by atoms with van der Waals surface area (Å²) in [4.78, 5) is 10.9. The molecule has 0 bridgehead atoms. The number of esters is 1. The predicted octanol–water partition coefficient (Wildman–Crippen LogP) is 1.50. The second kappa shape index (κ2) is 6.92. The molecule has 0 spiro atoms. The van der Waals surface area contributed by atoms with Crippen molar-refractivity contribution in [2.75, 3.05) is 26.4 Å². The Bertz CT molecular complexity index is 569. The van der Waals surface area contributed by atoms with E-state index in [2.05, 4.69) is 4.74 Å². The van der Waals surface area contributed by atoms with E-state index in [1.54, 1.807) is 6.07 Å². The standard InChI is InChI=1S/C12H17ClN2O4S/c1-15(8-4-7-11(16)19-2)20(17,18)12-9(13)5-3-6-10(12)14/h3,5-6H,4,7-8,14H2,1-2H3. The molecule has 2 N–H and O–H groups in total. The lowest BCUT2D eigenvalue weighted by atomic mass is 10.3. The largest absolute Gasteiger partial charge is 0.469 e. The molecule has 0 saturated carbocycles. The summed E-state index contributed by atoms with van der Waals surface area (Å²) in [7, 11) is -1.08. The van der Waals surface area contributed by atoms with Gasteiger partial charge < -0.3 is 10.5 Å². The lowest BCUT2D eigenvalue weighted by molar-refractivity contribution is -0.140. The molecule has 0 aliphatic carbocycles. The van der Waals surface area contributed by atoms with Crippen LogP contribution >= 0.6 is 11.6 Å². The molecule has 0 heterocycles. The molecular weight excluding hydrogens is 304 g/mol. The zero-order valence-electron chi connectivity index (χ0n) is 11.3. The average Bonchev–Trinajstić information content (AvgIpc) is 2.37. The fourth-order valence-electron chi connectivity index (χ4n) is 1.62. The van der Waals surface area contributed by atoms with Gasteiger partial charge in [-0.25, -0.2) is 12.7 Å². The van der Waals surface area contributed by atoms with Crippen molar-refractivity contribution in [3.05, 3.63) is 23.2 Å². The van der Waals surface area contributed by atoms with Crippen LogP contribution in [0.3, 0.4) is 0 Å². The molecular formula is C12H17ClN2O4S. The van der Waals surface area contributed by atoms with Gasteiger partial charge in [0.2, 0.25) is 10.0 Å². The summed E-state index contributed by atoms with van der Waals surface area (Å²) in [5, 5.41) is 0.0739. The maximum atomic E-state index is 12.4. The highest BCUT2D eigenvalue weighted by Gasteiger charge is 2.25. The molecule has 0 aromatic heterocycles. The molecule has 0 aliphatic heterocycles. The molecule has 0 aliphatic rings. The number of hydrogen-bond donors (Lipinski definition) is 1. The number of nitrogens with zero attached hydrogens (tertiary/aromatic N) is 1. The van der Waals surface area contributed by atoms with Crippen molar-refractivity contribution in [3.8, 4) is 0 Å². The highest BCUT2D eigenvalue weighted by atomic mass is 35.5. The fraction of sp³-hybridized carbons (Fsp3) is 0.417. The van der Waals surface area contributed by atoms with Crippen LogP contribution in [0.1, 0.15) is 12.8 Å². The Hall–Kier alpha value is -1.31. The summed E-state index contributed by atoms with van der Waals surface area (Å²) >= 11 is 5.91. The van der Waals surface area contributed by atoms with Gasteiger partial charge in [0.05, 0.1) is 17.8 Å². The van der Waals surface area contributed by atoms with Crippen LogP contribution in [0.25, 0.3) is 0 Å². The molecule has 0 fully saturated rings. The van der Waals surface area contributed by atoms with Gasteiger partial charge in [-0.1, -0.05) is 17.7 Å². The lowest BCUT2D eigenvalue weighted by Gasteiger charge is -2.18. The second-order valence-electron chi connectivity index (χ2n) is 4.16. The van der Waals surface area contributed by atoms with Crippen molar-refractivity contribution in [2.45, 2.75) is 17.7 Å². The zero-order valence-corrected chi connectivity index (χ0v) is 12.9. The van der Waals surface area contributed by atoms with Gasteiger partial charge in [-0.15, -0.1) is 0 Å². The molecule has 1 rings (SSSR count). The van der Waals surface area contributed by atoms with Crippen LogP contribution in [0.15, 0.2) is 23.1 Å². The topological polar surface area (TPSA) is 89.7 Å². The van der Waals surface area contributed by atoms with E-state index >= 15 is 0 Å². The maximum absolute atomic E-state index is 12.4. The molecule has 8 heteroatoms. The van der Waals surface area contributed by atoms with Crippen molar-refractivity contribution < 1.29 is 17.9 Å². The van der Waals surface area contributed by atoms with E-state index in [0.717, 1.165) is 4.31 Å². The summed E-state index contributed by atoms with van der Waals surface area (Å²) < 4.78 is 30.3. The van der Waals surface area contributed by atoms with E-state index in [9.17, 15) is 13.2 Å². The van der Waals surface area contributed by atoms with E-state index < -0.39 is 10.0 Å². The third kappa shape index (κ3) is 3.84. The Kier molecular flexibility index (Phi) is 5.79. The number of benzene rings is 1. The van der Waals surface area contributed by atoms with E-state index in [0.29, 0.717) is 6.42 Å². The van der Waals surface area contributed by atoms with Crippen LogP contribution in [0.2, 0.25) is 5.02 Å². The smallest absolute Gasteiger partial charge is 0.305 e. The van der Waals surface area contributed by atoms with E-state index in [1.807, 2.05) is 0 Å². The number of ether oxygens (including phenoxy) is 1. The zero-order chi connectivity index (χ0) is 15.3. The van der Waals surface area contributed by atoms with Gasteiger partial charge in [0.15, 0.2) is 0 Å². The van der Waals surface area contributed by atoms with Crippen LogP contribution in [0.4, 0.5) is 5.69 Å². The molecule has 1 aromatic rings. The molecule has 0 saturated heterocycles. The van der Waals surface area contributed by atoms with Gasteiger partial charge in [0, 0.05) is 20.0 Å². The number of carbonyl (C=O) groups is 1. The molecule has 20 heavy (non-hydrogen) atoms. The first-order valence-electron chi connectivity index (χ1n) is 5.88. The normalized spacial score (nSPS) is 11.6. The van der Waals surface area contributed by atoms with E-state index in [4.69, 9.17) is 17.3 Å². The molecule has 0 atom stereocenters. The van der Waals surface area contributed by atoms with Gasteiger partial charge >= 0.3 is 5.97 Å². The van der Waals surface area contributed by atoms with Crippen molar-refractivity contribution in [1.29, 1.82) is 0 Å². The number of nitrogen functional groups attached to an aromatic ring is 1. The van der Waals surface area contributed by atoms with Gasteiger partial charge in [0.25, 0.3) is 0 Å². The summed E-state index contributed by atoms with van der Waals surface area (Å²) in [5.41, 5.74) is 5.77. The van der Waals surface area contributed by atoms with Crippen LogP contribution in [-0.4, -0.2) is 39.4 Å².